The molecule has 0 atom stereocenters. The average Bonchev–Trinajstić information content (AvgIpc) is 3.01. The topological polar surface area (TPSA) is 73.6 Å². The van der Waals surface area contributed by atoms with Crippen molar-refractivity contribution in [1.29, 1.82) is 0 Å². The lowest BCUT2D eigenvalue weighted by Gasteiger charge is -2.28. The molecule has 1 fully saturated rings. The second-order valence-electron chi connectivity index (χ2n) is 5.86. The Morgan fingerprint density at radius 2 is 1.87 bits per heavy atom. The molecule has 0 heterocycles. The Labute approximate surface area is 144 Å². The van der Waals surface area contributed by atoms with Gasteiger partial charge in [0.2, 0.25) is 0 Å². The summed E-state index contributed by atoms with van der Waals surface area (Å²) >= 11 is 0. The minimum atomic E-state index is -0.216. The van der Waals surface area contributed by atoms with E-state index in [1.807, 2.05) is 12.1 Å². The van der Waals surface area contributed by atoms with Crippen molar-refractivity contribution in [3.05, 3.63) is 29.8 Å². The van der Waals surface area contributed by atoms with Gasteiger partial charge >= 0.3 is 0 Å². The number of halogens is 1. The minimum absolute atomic E-state index is 0. The first kappa shape index (κ1) is 19.7. The molecule has 6 heteroatoms. The molecule has 3 N–H and O–H groups in total. The van der Waals surface area contributed by atoms with Crippen LogP contribution >= 0.6 is 12.4 Å². The van der Waals surface area contributed by atoms with Crippen LogP contribution in [0.1, 0.15) is 42.5 Å². The van der Waals surface area contributed by atoms with E-state index in [1.54, 1.807) is 19.2 Å². The molecule has 1 aliphatic rings. The highest BCUT2D eigenvalue weighted by Crippen LogP contribution is 2.29. The molecule has 5 nitrogen and oxygen atoms in total. The number of rotatable bonds is 8. The first-order valence-corrected chi connectivity index (χ1v) is 7.93. The normalized spacial score (nSPS) is 15.7. The Morgan fingerprint density at radius 3 is 2.43 bits per heavy atom. The van der Waals surface area contributed by atoms with Gasteiger partial charge in [0.1, 0.15) is 5.75 Å². The SMILES string of the molecule is COCCCOc1ccc(C(=O)NC2(CN)CCCC2)cc1.Cl. The lowest BCUT2D eigenvalue weighted by Crippen LogP contribution is -2.51. The summed E-state index contributed by atoms with van der Waals surface area (Å²) in [5, 5.41) is 3.12. The van der Waals surface area contributed by atoms with E-state index in [0.29, 0.717) is 25.3 Å². The fraction of sp³-hybridized carbons (Fsp3) is 0.588. The van der Waals surface area contributed by atoms with Crippen LogP contribution in [0.5, 0.6) is 5.75 Å². The van der Waals surface area contributed by atoms with Gasteiger partial charge in [-0.05, 0) is 37.1 Å². The molecule has 1 aromatic carbocycles. The molecule has 1 saturated carbocycles. The smallest absolute Gasteiger partial charge is 0.251 e. The lowest BCUT2D eigenvalue weighted by atomic mass is 9.97. The first-order chi connectivity index (χ1) is 10.7. The van der Waals surface area contributed by atoms with Gasteiger partial charge in [-0.25, -0.2) is 0 Å². The second kappa shape index (κ2) is 9.75. The first-order valence-electron chi connectivity index (χ1n) is 7.93. The molecule has 0 aliphatic heterocycles. The van der Waals surface area contributed by atoms with Crippen LogP contribution in [-0.4, -0.2) is 38.3 Å². The summed E-state index contributed by atoms with van der Waals surface area (Å²) in [6.45, 7) is 1.79. The third-order valence-corrected chi connectivity index (χ3v) is 4.21. The largest absolute Gasteiger partial charge is 0.494 e. The highest BCUT2D eigenvalue weighted by molar-refractivity contribution is 5.94. The summed E-state index contributed by atoms with van der Waals surface area (Å²) in [6, 6.07) is 7.23. The molecule has 2 rings (SSSR count). The summed E-state index contributed by atoms with van der Waals surface area (Å²) in [7, 11) is 1.67. The number of carbonyl (C=O) groups excluding carboxylic acids is 1. The summed E-state index contributed by atoms with van der Waals surface area (Å²) in [5.41, 5.74) is 6.28. The third kappa shape index (κ3) is 5.68. The predicted octanol–water partition coefficient (Wildman–Crippen LogP) is 2.52. The number of hydrogen-bond acceptors (Lipinski definition) is 4. The lowest BCUT2D eigenvalue weighted by molar-refractivity contribution is 0.0903. The number of nitrogens with one attached hydrogen (secondary N) is 1. The van der Waals surface area contributed by atoms with Crippen molar-refractivity contribution in [1.82, 2.24) is 5.32 Å². The van der Waals surface area contributed by atoms with E-state index < -0.39 is 0 Å². The zero-order valence-electron chi connectivity index (χ0n) is 13.7. The molecule has 0 radical (unpaired) electrons. The van der Waals surface area contributed by atoms with Gasteiger partial charge in [0.05, 0.1) is 12.1 Å². The molecular formula is C17H27ClN2O3. The Morgan fingerprint density at radius 1 is 1.22 bits per heavy atom. The predicted molar refractivity (Wildman–Crippen MR) is 93.4 cm³/mol. The number of ether oxygens (including phenoxy) is 2. The van der Waals surface area contributed by atoms with E-state index in [-0.39, 0.29) is 23.9 Å². The number of nitrogens with two attached hydrogens (primary N) is 1. The van der Waals surface area contributed by atoms with Gasteiger partial charge in [-0.15, -0.1) is 12.4 Å². The fourth-order valence-corrected chi connectivity index (χ4v) is 2.84. The zero-order valence-corrected chi connectivity index (χ0v) is 14.5. The molecule has 0 bridgehead atoms. The quantitative estimate of drug-likeness (QED) is 0.712. The van der Waals surface area contributed by atoms with Crippen LogP contribution in [0.4, 0.5) is 0 Å². The Hall–Kier alpha value is -1.30. The molecular weight excluding hydrogens is 316 g/mol. The van der Waals surface area contributed by atoms with Crippen molar-refractivity contribution in [2.24, 2.45) is 5.73 Å². The van der Waals surface area contributed by atoms with Crippen LogP contribution in [0.25, 0.3) is 0 Å². The van der Waals surface area contributed by atoms with Crippen molar-refractivity contribution < 1.29 is 14.3 Å². The van der Waals surface area contributed by atoms with Gasteiger partial charge in [-0.1, -0.05) is 12.8 Å². The Bertz CT molecular complexity index is 473. The highest BCUT2D eigenvalue weighted by Gasteiger charge is 2.33. The van der Waals surface area contributed by atoms with Gasteiger partial charge in [0, 0.05) is 32.2 Å². The Balaban J connectivity index is 0.00000264. The molecule has 1 amide bonds. The maximum Gasteiger partial charge on any atom is 0.251 e. The summed E-state index contributed by atoms with van der Waals surface area (Å²) in [6.07, 6.45) is 5.04. The van der Waals surface area contributed by atoms with E-state index in [9.17, 15) is 4.79 Å². The van der Waals surface area contributed by atoms with Gasteiger partial charge in [0.15, 0.2) is 0 Å². The van der Waals surface area contributed by atoms with Gasteiger partial charge in [0.25, 0.3) is 5.91 Å². The maximum absolute atomic E-state index is 12.4. The van der Waals surface area contributed by atoms with Crippen LogP contribution in [0.3, 0.4) is 0 Å². The fourth-order valence-electron chi connectivity index (χ4n) is 2.84. The molecule has 1 aliphatic carbocycles. The van der Waals surface area contributed by atoms with Gasteiger partial charge in [-0.2, -0.15) is 0 Å². The summed E-state index contributed by atoms with van der Waals surface area (Å²) in [4.78, 5) is 12.4. The number of methoxy groups -OCH3 is 1. The maximum atomic E-state index is 12.4. The van der Waals surface area contributed by atoms with Crippen LogP contribution in [0.2, 0.25) is 0 Å². The molecule has 23 heavy (non-hydrogen) atoms. The van der Waals surface area contributed by atoms with Crippen molar-refractivity contribution in [3.8, 4) is 5.75 Å². The van der Waals surface area contributed by atoms with Gasteiger partial charge < -0.3 is 20.5 Å². The van der Waals surface area contributed by atoms with Crippen LogP contribution in [-0.2, 0) is 4.74 Å². The number of carbonyl (C=O) groups is 1. The molecule has 1 aromatic rings. The van der Waals surface area contributed by atoms with E-state index >= 15 is 0 Å². The van der Waals surface area contributed by atoms with Crippen LogP contribution in [0, 0.1) is 0 Å². The molecule has 130 valence electrons. The number of benzene rings is 1. The van der Waals surface area contributed by atoms with Crippen LogP contribution < -0.4 is 15.8 Å². The highest BCUT2D eigenvalue weighted by atomic mass is 35.5. The van der Waals surface area contributed by atoms with E-state index in [0.717, 1.165) is 37.9 Å². The molecule has 0 spiro atoms. The molecule has 0 aromatic heterocycles. The van der Waals surface area contributed by atoms with Crippen LogP contribution in [0.15, 0.2) is 24.3 Å². The van der Waals surface area contributed by atoms with Crippen molar-refractivity contribution in [2.45, 2.75) is 37.6 Å². The van der Waals surface area contributed by atoms with Crippen molar-refractivity contribution in [3.63, 3.8) is 0 Å². The summed E-state index contributed by atoms with van der Waals surface area (Å²) in [5.74, 6) is 0.709. The molecule has 0 unspecified atom stereocenters. The Kier molecular flexibility index (Phi) is 8.37. The van der Waals surface area contributed by atoms with E-state index in [1.165, 1.54) is 0 Å². The average molecular weight is 343 g/mol. The van der Waals surface area contributed by atoms with E-state index in [2.05, 4.69) is 5.32 Å². The van der Waals surface area contributed by atoms with Gasteiger partial charge in [-0.3, -0.25) is 4.79 Å². The summed E-state index contributed by atoms with van der Waals surface area (Å²) < 4.78 is 10.6. The molecule has 0 saturated heterocycles. The van der Waals surface area contributed by atoms with Crippen molar-refractivity contribution in [2.75, 3.05) is 26.9 Å². The zero-order chi connectivity index (χ0) is 15.8. The minimum Gasteiger partial charge on any atom is -0.494 e. The number of amides is 1. The third-order valence-electron chi connectivity index (χ3n) is 4.21. The second-order valence-corrected chi connectivity index (χ2v) is 5.86. The monoisotopic (exact) mass is 342 g/mol. The van der Waals surface area contributed by atoms with E-state index in [4.69, 9.17) is 15.2 Å². The standard InChI is InChI=1S/C17H26N2O3.ClH/c1-21-11-4-12-22-15-7-5-14(6-8-15)16(20)19-17(13-18)9-2-3-10-17;/h5-8H,2-4,9-13,18H2,1H3,(H,19,20);1H. The number of hydrogen-bond donors (Lipinski definition) is 2. The van der Waals surface area contributed by atoms with Crippen molar-refractivity contribution >= 4 is 18.3 Å².